The van der Waals surface area contributed by atoms with Gasteiger partial charge in [0.05, 0.1) is 7.11 Å². The molecule has 0 aliphatic rings. The van der Waals surface area contributed by atoms with Crippen LogP contribution in [0.25, 0.3) is 0 Å². The summed E-state index contributed by atoms with van der Waals surface area (Å²) in [6.45, 7) is 12.5. The Morgan fingerprint density at radius 3 is 1.95 bits per heavy atom. The standard InChI is InChI=1S/C16H23ClO3/c1-15(2,3)10-8-11(16(4,5)6)13(20-14(17)18)12(9-10)19-7/h8-9H,1-7H3. The van der Waals surface area contributed by atoms with Gasteiger partial charge in [0.25, 0.3) is 0 Å². The molecule has 0 aliphatic heterocycles. The van der Waals surface area contributed by atoms with E-state index in [9.17, 15) is 4.79 Å². The van der Waals surface area contributed by atoms with Crippen LogP contribution in [-0.4, -0.2) is 12.5 Å². The summed E-state index contributed by atoms with van der Waals surface area (Å²) in [5.41, 5.74) is 0.925. The lowest BCUT2D eigenvalue weighted by Crippen LogP contribution is -2.19. The molecular weight excluding hydrogens is 276 g/mol. The Morgan fingerprint density at radius 1 is 1.05 bits per heavy atom. The Balaban J connectivity index is 3.60. The lowest BCUT2D eigenvalue weighted by atomic mass is 9.80. The van der Waals surface area contributed by atoms with Gasteiger partial charge in [0.2, 0.25) is 0 Å². The van der Waals surface area contributed by atoms with Gasteiger partial charge in [-0.1, -0.05) is 47.6 Å². The highest BCUT2D eigenvalue weighted by Gasteiger charge is 2.27. The van der Waals surface area contributed by atoms with E-state index in [1.165, 1.54) is 0 Å². The number of ether oxygens (including phenoxy) is 2. The van der Waals surface area contributed by atoms with Crippen LogP contribution >= 0.6 is 11.6 Å². The summed E-state index contributed by atoms with van der Waals surface area (Å²) in [6, 6.07) is 3.95. The molecule has 0 unspecified atom stereocenters. The molecule has 1 rings (SSSR count). The molecule has 0 aromatic heterocycles. The topological polar surface area (TPSA) is 35.5 Å². The molecule has 4 heteroatoms. The lowest BCUT2D eigenvalue weighted by Gasteiger charge is -2.28. The maximum atomic E-state index is 11.1. The van der Waals surface area contributed by atoms with E-state index in [0.29, 0.717) is 11.5 Å². The zero-order valence-corrected chi connectivity index (χ0v) is 14.0. The fourth-order valence-electron chi connectivity index (χ4n) is 1.93. The van der Waals surface area contributed by atoms with E-state index in [4.69, 9.17) is 21.1 Å². The average Bonchev–Trinajstić information content (AvgIpc) is 2.25. The number of hydrogen-bond donors (Lipinski definition) is 0. The highest BCUT2D eigenvalue weighted by Crippen LogP contribution is 2.42. The molecule has 0 spiro atoms. The third kappa shape index (κ3) is 3.89. The molecule has 0 radical (unpaired) electrons. The summed E-state index contributed by atoms with van der Waals surface area (Å²) in [5.74, 6) is 0.921. The van der Waals surface area contributed by atoms with Gasteiger partial charge in [-0.25, -0.2) is 4.79 Å². The molecule has 0 saturated heterocycles. The number of hydrogen-bond acceptors (Lipinski definition) is 3. The van der Waals surface area contributed by atoms with Crippen LogP contribution in [0.5, 0.6) is 11.5 Å². The molecule has 0 aliphatic carbocycles. The summed E-state index contributed by atoms with van der Waals surface area (Å²) < 4.78 is 10.5. The Kier molecular flexibility index (Phi) is 4.75. The second-order valence-corrected chi connectivity index (χ2v) is 7.20. The van der Waals surface area contributed by atoms with Crippen LogP contribution in [0.3, 0.4) is 0 Å². The van der Waals surface area contributed by atoms with Gasteiger partial charge in [-0.05, 0) is 22.5 Å². The SMILES string of the molecule is COc1cc(C(C)(C)C)cc(C(C)(C)C)c1OC(=O)Cl. The first kappa shape index (κ1) is 16.8. The first-order valence-corrected chi connectivity index (χ1v) is 6.95. The smallest absolute Gasteiger partial charge is 0.409 e. The molecule has 0 N–H and O–H groups in total. The van der Waals surface area contributed by atoms with Gasteiger partial charge in [0.1, 0.15) is 0 Å². The lowest BCUT2D eigenvalue weighted by molar-refractivity contribution is 0.222. The molecule has 0 bridgehead atoms. The molecule has 0 fully saturated rings. The number of benzene rings is 1. The first-order chi connectivity index (χ1) is 8.96. The van der Waals surface area contributed by atoms with Crippen molar-refractivity contribution in [3.8, 4) is 11.5 Å². The van der Waals surface area contributed by atoms with E-state index in [1.807, 2.05) is 6.07 Å². The molecular formula is C16H23ClO3. The predicted octanol–water partition coefficient (Wildman–Crippen LogP) is 5.03. The van der Waals surface area contributed by atoms with E-state index in [-0.39, 0.29) is 10.8 Å². The van der Waals surface area contributed by atoms with Crippen molar-refractivity contribution in [1.29, 1.82) is 0 Å². The van der Waals surface area contributed by atoms with Crippen molar-refractivity contribution in [3.05, 3.63) is 23.3 Å². The van der Waals surface area contributed by atoms with Gasteiger partial charge >= 0.3 is 5.43 Å². The van der Waals surface area contributed by atoms with Gasteiger partial charge in [0, 0.05) is 17.2 Å². The minimum atomic E-state index is -0.864. The van der Waals surface area contributed by atoms with Crippen LogP contribution in [0, 0.1) is 0 Å². The zero-order valence-electron chi connectivity index (χ0n) is 13.3. The van der Waals surface area contributed by atoms with Crippen LogP contribution < -0.4 is 9.47 Å². The molecule has 1 aromatic rings. The number of rotatable bonds is 2. The van der Waals surface area contributed by atoms with E-state index in [2.05, 4.69) is 47.6 Å². The molecule has 1 aromatic carbocycles. The van der Waals surface area contributed by atoms with Crippen LogP contribution in [0.2, 0.25) is 0 Å². The van der Waals surface area contributed by atoms with E-state index >= 15 is 0 Å². The molecule has 0 atom stereocenters. The van der Waals surface area contributed by atoms with Crippen molar-refractivity contribution in [2.24, 2.45) is 0 Å². The van der Waals surface area contributed by atoms with Crippen molar-refractivity contribution >= 4 is 17.0 Å². The summed E-state index contributed by atoms with van der Waals surface area (Å²) in [5, 5.41) is 0. The first-order valence-electron chi connectivity index (χ1n) is 6.57. The van der Waals surface area contributed by atoms with Crippen LogP contribution in [0.15, 0.2) is 12.1 Å². The normalized spacial score (nSPS) is 12.2. The fourth-order valence-corrected chi connectivity index (χ4v) is 2.01. The number of methoxy groups -OCH3 is 1. The highest BCUT2D eigenvalue weighted by molar-refractivity contribution is 6.61. The van der Waals surface area contributed by atoms with Gasteiger partial charge in [0.15, 0.2) is 11.5 Å². The second-order valence-electron chi connectivity index (χ2n) is 6.89. The summed E-state index contributed by atoms with van der Waals surface area (Å²) >= 11 is 5.38. The Hall–Kier alpha value is -1.22. The largest absolute Gasteiger partial charge is 0.493 e. The molecule has 0 heterocycles. The molecule has 20 heavy (non-hydrogen) atoms. The Morgan fingerprint density at radius 2 is 1.60 bits per heavy atom. The van der Waals surface area contributed by atoms with Crippen LogP contribution in [0.4, 0.5) is 4.79 Å². The maximum Gasteiger partial charge on any atom is 0.409 e. The minimum absolute atomic E-state index is 0.0310. The fraction of sp³-hybridized carbons (Fsp3) is 0.562. The van der Waals surface area contributed by atoms with Crippen molar-refractivity contribution in [3.63, 3.8) is 0 Å². The number of carbonyl (C=O) groups excluding carboxylic acids is 1. The zero-order chi connectivity index (χ0) is 15.7. The predicted molar refractivity (Wildman–Crippen MR) is 82.3 cm³/mol. The van der Waals surface area contributed by atoms with E-state index in [1.54, 1.807) is 7.11 Å². The van der Waals surface area contributed by atoms with Crippen molar-refractivity contribution < 1.29 is 14.3 Å². The van der Waals surface area contributed by atoms with Crippen molar-refractivity contribution in [2.45, 2.75) is 52.4 Å². The Bertz CT molecular complexity index is 508. The molecule has 3 nitrogen and oxygen atoms in total. The number of carbonyl (C=O) groups is 1. The van der Waals surface area contributed by atoms with Gasteiger partial charge in [-0.3, -0.25) is 0 Å². The molecule has 112 valence electrons. The monoisotopic (exact) mass is 298 g/mol. The second kappa shape index (κ2) is 5.65. The van der Waals surface area contributed by atoms with Gasteiger partial charge < -0.3 is 9.47 Å². The third-order valence-corrected chi connectivity index (χ3v) is 3.21. The third-order valence-electron chi connectivity index (χ3n) is 3.13. The summed E-state index contributed by atoms with van der Waals surface area (Å²) in [7, 11) is 1.56. The summed E-state index contributed by atoms with van der Waals surface area (Å²) in [6.07, 6.45) is 0. The van der Waals surface area contributed by atoms with Crippen molar-refractivity contribution in [2.75, 3.05) is 7.11 Å². The highest BCUT2D eigenvalue weighted by atomic mass is 35.5. The van der Waals surface area contributed by atoms with Crippen molar-refractivity contribution in [1.82, 2.24) is 0 Å². The quantitative estimate of drug-likeness (QED) is 0.719. The molecule has 0 saturated carbocycles. The van der Waals surface area contributed by atoms with Gasteiger partial charge in [-0.2, -0.15) is 0 Å². The van der Waals surface area contributed by atoms with E-state index in [0.717, 1.165) is 11.1 Å². The van der Waals surface area contributed by atoms with Crippen LogP contribution in [0.1, 0.15) is 52.7 Å². The molecule has 0 amide bonds. The van der Waals surface area contributed by atoms with Gasteiger partial charge in [-0.15, -0.1) is 0 Å². The summed E-state index contributed by atoms with van der Waals surface area (Å²) in [4.78, 5) is 11.1. The average molecular weight is 299 g/mol. The van der Waals surface area contributed by atoms with E-state index < -0.39 is 5.43 Å². The Labute approximate surface area is 126 Å². The maximum absolute atomic E-state index is 11.1. The number of halogens is 1. The minimum Gasteiger partial charge on any atom is -0.493 e. The van der Waals surface area contributed by atoms with Crippen LogP contribution in [-0.2, 0) is 10.8 Å².